The van der Waals surface area contributed by atoms with Crippen LogP contribution in [0.4, 0.5) is 0 Å². The molecule has 0 fully saturated rings. The fourth-order valence-corrected chi connectivity index (χ4v) is 1.95. The molecule has 0 aromatic carbocycles. The average molecular weight is 244 g/mol. The highest BCUT2D eigenvalue weighted by Gasteiger charge is 1.91. The first kappa shape index (κ1) is 21.9. The molecule has 0 unspecified atom stereocenters. The number of hydrogen-bond donors (Lipinski definition) is 2. The second-order valence-electron chi connectivity index (χ2n) is 4.61. The highest BCUT2D eigenvalue weighted by atomic mass is 14.0. The van der Waals surface area contributed by atoms with Gasteiger partial charge in [-0.3, -0.25) is 0 Å². The quantitative estimate of drug-likeness (QED) is 0.317. The predicted octanol–water partition coefficient (Wildman–Crippen LogP) is 6.20. The van der Waals surface area contributed by atoms with Gasteiger partial charge in [-0.05, 0) is 12.8 Å². The summed E-state index contributed by atoms with van der Waals surface area (Å²) < 4.78 is 0. The third kappa shape index (κ3) is 21.5. The number of hydrogen-bond acceptors (Lipinski definition) is 2. The van der Waals surface area contributed by atoms with E-state index < -0.39 is 0 Å². The molecule has 106 valence electrons. The van der Waals surface area contributed by atoms with E-state index >= 15 is 0 Å². The van der Waals surface area contributed by atoms with Crippen LogP contribution in [0.5, 0.6) is 0 Å². The summed E-state index contributed by atoms with van der Waals surface area (Å²) in [5.41, 5.74) is 0. The molecular weight excluding hydrogens is 208 g/mol. The molecule has 0 saturated heterocycles. The van der Waals surface area contributed by atoms with E-state index in [2.05, 4.69) is 13.5 Å². The molecule has 2 heteroatoms. The van der Waals surface area contributed by atoms with E-state index in [0.717, 1.165) is 0 Å². The molecule has 0 aromatic rings. The van der Waals surface area contributed by atoms with Crippen molar-refractivity contribution < 1.29 is 0 Å². The summed E-state index contributed by atoms with van der Waals surface area (Å²) >= 11 is 0. The van der Waals surface area contributed by atoms with Crippen LogP contribution in [0.15, 0.2) is 12.7 Å². The van der Waals surface area contributed by atoms with Crippen LogP contribution < -0.4 is 12.3 Å². The molecule has 0 saturated carbocycles. The monoisotopic (exact) mass is 244 g/mol. The van der Waals surface area contributed by atoms with E-state index in [1.807, 2.05) is 6.08 Å². The normalized spacial score (nSPS) is 9.24. The summed E-state index contributed by atoms with van der Waals surface area (Å²) in [6, 6.07) is 0. The summed E-state index contributed by atoms with van der Waals surface area (Å²) in [6.07, 6.45) is 19.0. The van der Waals surface area contributed by atoms with Crippen molar-refractivity contribution in [3.63, 3.8) is 0 Å². The van der Waals surface area contributed by atoms with E-state index in [1.165, 1.54) is 77.0 Å². The summed E-state index contributed by atoms with van der Waals surface area (Å²) in [4.78, 5) is 0. The Morgan fingerprint density at radius 1 is 0.647 bits per heavy atom. The van der Waals surface area contributed by atoms with Gasteiger partial charge < -0.3 is 12.3 Å². The lowest BCUT2D eigenvalue weighted by molar-refractivity contribution is 0.550. The van der Waals surface area contributed by atoms with Crippen molar-refractivity contribution in [2.24, 2.45) is 0 Å². The molecule has 0 atom stereocenters. The molecule has 0 radical (unpaired) electrons. The van der Waals surface area contributed by atoms with Crippen LogP contribution in [0.25, 0.3) is 0 Å². The Balaban J connectivity index is -0.000000980. The Labute approximate surface area is 109 Å². The molecule has 0 rings (SSSR count). The van der Waals surface area contributed by atoms with Gasteiger partial charge in [0.2, 0.25) is 0 Å². The third-order valence-electron chi connectivity index (χ3n) is 3.01. The summed E-state index contributed by atoms with van der Waals surface area (Å²) in [5.74, 6) is 0. The van der Waals surface area contributed by atoms with Crippen molar-refractivity contribution in [3.05, 3.63) is 12.7 Å². The lowest BCUT2D eigenvalue weighted by Gasteiger charge is -2.01. The summed E-state index contributed by atoms with van der Waals surface area (Å²) in [5, 5.41) is 0. The van der Waals surface area contributed by atoms with Gasteiger partial charge in [-0.25, -0.2) is 0 Å². The number of allylic oxidation sites excluding steroid dienone is 1. The van der Waals surface area contributed by atoms with Gasteiger partial charge in [-0.2, -0.15) is 0 Å². The smallest absolute Gasteiger partial charge is 0.0353 e. The molecular formula is C15H36N2. The zero-order valence-corrected chi connectivity index (χ0v) is 12.2. The fraction of sp³-hybridized carbons (Fsp3) is 0.867. The molecule has 2 nitrogen and oxygen atoms in total. The minimum atomic E-state index is 0. The first-order chi connectivity index (χ1) is 7.41. The van der Waals surface area contributed by atoms with E-state index in [0.29, 0.717) is 0 Å². The molecule has 0 bridgehead atoms. The van der Waals surface area contributed by atoms with Crippen LogP contribution in [-0.4, -0.2) is 0 Å². The van der Waals surface area contributed by atoms with Gasteiger partial charge in [0.15, 0.2) is 0 Å². The molecule has 0 aliphatic carbocycles. The second kappa shape index (κ2) is 21.0. The summed E-state index contributed by atoms with van der Waals surface area (Å²) in [6.45, 7) is 6.02. The Hall–Kier alpha value is -0.340. The van der Waals surface area contributed by atoms with E-state index in [4.69, 9.17) is 0 Å². The topological polar surface area (TPSA) is 70.0 Å². The van der Waals surface area contributed by atoms with E-state index in [1.54, 1.807) is 0 Å². The molecule has 0 heterocycles. The number of rotatable bonds is 12. The number of unbranched alkanes of at least 4 members (excludes halogenated alkanes) is 11. The molecule has 6 N–H and O–H groups in total. The largest absolute Gasteiger partial charge is 0.344 e. The average Bonchev–Trinajstić information content (AvgIpc) is 2.26. The van der Waals surface area contributed by atoms with Crippen molar-refractivity contribution in [2.75, 3.05) is 0 Å². The highest BCUT2D eigenvalue weighted by molar-refractivity contribution is 4.65. The zero-order valence-electron chi connectivity index (χ0n) is 12.2. The van der Waals surface area contributed by atoms with Crippen molar-refractivity contribution in [2.45, 2.75) is 84.0 Å². The maximum Gasteiger partial charge on any atom is -0.0353 e. The van der Waals surface area contributed by atoms with Gasteiger partial charge in [-0.1, -0.05) is 77.2 Å². The molecule has 0 aliphatic rings. The fourth-order valence-electron chi connectivity index (χ4n) is 1.95. The van der Waals surface area contributed by atoms with Gasteiger partial charge in [0.05, 0.1) is 0 Å². The van der Waals surface area contributed by atoms with Crippen molar-refractivity contribution >= 4 is 0 Å². The molecule has 0 aromatic heterocycles. The van der Waals surface area contributed by atoms with E-state index in [9.17, 15) is 0 Å². The van der Waals surface area contributed by atoms with Crippen LogP contribution in [0.3, 0.4) is 0 Å². The van der Waals surface area contributed by atoms with Crippen LogP contribution in [0.1, 0.15) is 84.0 Å². The van der Waals surface area contributed by atoms with Gasteiger partial charge in [-0.15, -0.1) is 6.58 Å². The van der Waals surface area contributed by atoms with E-state index in [-0.39, 0.29) is 12.3 Å². The van der Waals surface area contributed by atoms with Crippen molar-refractivity contribution in [3.8, 4) is 0 Å². The van der Waals surface area contributed by atoms with Crippen LogP contribution in [-0.2, 0) is 0 Å². The van der Waals surface area contributed by atoms with Crippen LogP contribution >= 0.6 is 0 Å². The first-order valence-corrected chi connectivity index (χ1v) is 7.02. The lowest BCUT2D eigenvalue weighted by Crippen LogP contribution is -1.81. The highest BCUT2D eigenvalue weighted by Crippen LogP contribution is 2.11. The van der Waals surface area contributed by atoms with Crippen LogP contribution in [0, 0.1) is 0 Å². The maximum absolute atomic E-state index is 3.74. The van der Waals surface area contributed by atoms with Gasteiger partial charge >= 0.3 is 0 Å². The second-order valence-corrected chi connectivity index (χ2v) is 4.61. The lowest BCUT2D eigenvalue weighted by atomic mass is 10.1. The Bertz CT molecular complexity index is 124. The first-order valence-electron chi connectivity index (χ1n) is 7.02. The SMILES string of the molecule is C=CCCCCCCCCCCCCC.N.N. The molecule has 17 heavy (non-hydrogen) atoms. The third-order valence-corrected chi connectivity index (χ3v) is 3.01. The Morgan fingerprint density at radius 2 is 1.00 bits per heavy atom. The predicted molar refractivity (Wildman–Crippen MR) is 81.3 cm³/mol. The Morgan fingerprint density at radius 3 is 1.35 bits per heavy atom. The molecule has 0 spiro atoms. The van der Waals surface area contributed by atoms with Gasteiger partial charge in [0.1, 0.15) is 0 Å². The van der Waals surface area contributed by atoms with Crippen molar-refractivity contribution in [1.82, 2.24) is 12.3 Å². The minimum Gasteiger partial charge on any atom is -0.344 e. The standard InChI is InChI=1S/C15H30.2H3N/c1-3-5-7-9-11-13-15-14-12-10-8-6-4-2;;/h3H,1,4-15H2,2H3;2*1H3. The van der Waals surface area contributed by atoms with Crippen molar-refractivity contribution in [1.29, 1.82) is 0 Å². The van der Waals surface area contributed by atoms with Gasteiger partial charge in [0.25, 0.3) is 0 Å². The molecule has 0 aliphatic heterocycles. The summed E-state index contributed by atoms with van der Waals surface area (Å²) in [7, 11) is 0. The zero-order chi connectivity index (χ0) is 11.2. The van der Waals surface area contributed by atoms with Gasteiger partial charge in [0, 0.05) is 0 Å². The minimum absolute atomic E-state index is 0. The Kier molecular flexibility index (Phi) is 27.0. The maximum atomic E-state index is 3.74. The van der Waals surface area contributed by atoms with Crippen LogP contribution in [0.2, 0.25) is 0 Å². The molecule has 0 amide bonds.